The molecular weight excluding hydrogens is 334 g/mol. The molecule has 1 fully saturated rings. The molecule has 1 aromatic rings. The van der Waals surface area contributed by atoms with Gasteiger partial charge in [0.15, 0.2) is 24.1 Å². The van der Waals surface area contributed by atoms with E-state index in [0.717, 1.165) is 0 Å². The number of ether oxygens (including phenoxy) is 2. The average molecular weight is 346 g/mol. The van der Waals surface area contributed by atoms with Gasteiger partial charge in [0, 0.05) is 6.61 Å². The topological polar surface area (TPSA) is 53.3 Å². The lowest BCUT2D eigenvalue weighted by molar-refractivity contribution is -0.159. The first-order valence-corrected chi connectivity index (χ1v) is 6.60. The zero-order chi connectivity index (χ0) is 17.3. The van der Waals surface area contributed by atoms with Gasteiger partial charge in [-0.05, 0) is 19.3 Å². The molecule has 23 heavy (non-hydrogen) atoms. The molecule has 0 bridgehead atoms. The van der Waals surface area contributed by atoms with Crippen LogP contribution in [0.2, 0.25) is 0 Å². The molecule has 0 aromatic carbocycles. The maximum absolute atomic E-state index is 13.0. The molecular formula is C12H12F6N2O3. The molecule has 2 heterocycles. The molecule has 0 amide bonds. The van der Waals surface area contributed by atoms with E-state index in [0.29, 0.717) is 23.7 Å². The van der Waals surface area contributed by atoms with Crippen molar-refractivity contribution in [3.63, 3.8) is 0 Å². The summed E-state index contributed by atoms with van der Waals surface area (Å²) >= 11 is 0. The summed E-state index contributed by atoms with van der Waals surface area (Å²) in [6.07, 6.45) is -8.94. The minimum atomic E-state index is -5.18. The van der Waals surface area contributed by atoms with Crippen LogP contribution in [0.3, 0.4) is 0 Å². The predicted molar refractivity (Wildman–Crippen MR) is 63.9 cm³/mol. The summed E-state index contributed by atoms with van der Waals surface area (Å²) in [5.74, 6) is -1.26. The second kappa shape index (κ2) is 6.38. The third-order valence-corrected chi connectivity index (χ3v) is 3.07. The molecule has 130 valence electrons. The molecule has 0 saturated carbocycles. The van der Waals surface area contributed by atoms with E-state index in [9.17, 15) is 31.1 Å². The lowest BCUT2D eigenvalue weighted by Gasteiger charge is -2.24. The minimum absolute atomic E-state index is 0.256. The number of hydrogen-bond donors (Lipinski definition) is 0. The van der Waals surface area contributed by atoms with E-state index in [4.69, 9.17) is 4.74 Å². The van der Waals surface area contributed by atoms with Crippen LogP contribution in [0.1, 0.15) is 31.1 Å². The third-order valence-electron chi connectivity index (χ3n) is 3.07. The van der Waals surface area contributed by atoms with E-state index < -0.39 is 42.1 Å². The largest absolute Gasteiger partial charge is 0.482 e. The summed E-state index contributed by atoms with van der Waals surface area (Å²) < 4.78 is 85.2. The van der Waals surface area contributed by atoms with Crippen molar-refractivity contribution in [3.8, 4) is 5.75 Å². The Morgan fingerprint density at radius 3 is 2.48 bits per heavy atom. The van der Waals surface area contributed by atoms with Gasteiger partial charge in [0.05, 0.1) is 6.20 Å². The van der Waals surface area contributed by atoms with Crippen LogP contribution in [0, 0.1) is 0 Å². The number of nitrogens with zero attached hydrogens (tertiary/aromatic N) is 2. The second-order valence-corrected chi connectivity index (χ2v) is 4.86. The van der Waals surface area contributed by atoms with Gasteiger partial charge in [-0.1, -0.05) is 0 Å². The standard InChI is InChI=1S/C12H12F6N2O3/c13-11(14,15)6-23-7-5-19-20(8-3-1-2-4-22-8)10(21)9(7)12(16,17)18/h5,8H,1-4,6H2. The Labute approximate surface area is 125 Å². The fourth-order valence-electron chi connectivity index (χ4n) is 2.10. The van der Waals surface area contributed by atoms with Crippen molar-refractivity contribution in [2.45, 2.75) is 37.8 Å². The Balaban J connectivity index is 2.40. The Morgan fingerprint density at radius 1 is 1.26 bits per heavy atom. The van der Waals surface area contributed by atoms with Gasteiger partial charge < -0.3 is 9.47 Å². The highest BCUT2D eigenvalue weighted by Crippen LogP contribution is 2.34. The first-order chi connectivity index (χ1) is 10.6. The van der Waals surface area contributed by atoms with Gasteiger partial charge in [-0.2, -0.15) is 31.4 Å². The van der Waals surface area contributed by atoms with Crippen LogP contribution in [-0.2, 0) is 10.9 Å². The van der Waals surface area contributed by atoms with Crippen molar-refractivity contribution in [1.29, 1.82) is 0 Å². The molecule has 0 radical (unpaired) electrons. The van der Waals surface area contributed by atoms with Crippen LogP contribution < -0.4 is 10.3 Å². The van der Waals surface area contributed by atoms with E-state index in [1.807, 2.05) is 0 Å². The fourth-order valence-corrected chi connectivity index (χ4v) is 2.10. The lowest BCUT2D eigenvalue weighted by atomic mass is 10.2. The van der Waals surface area contributed by atoms with Crippen molar-refractivity contribution in [1.82, 2.24) is 9.78 Å². The van der Waals surface area contributed by atoms with E-state index in [-0.39, 0.29) is 13.0 Å². The molecule has 0 spiro atoms. The van der Waals surface area contributed by atoms with Crippen LogP contribution in [0.5, 0.6) is 5.75 Å². The molecule has 1 unspecified atom stereocenters. The van der Waals surface area contributed by atoms with Gasteiger partial charge in [0.1, 0.15) is 0 Å². The van der Waals surface area contributed by atoms with Crippen molar-refractivity contribution in [2.24, 2.45) is 0 Å². The highest BCUT2D eigenvalue weighted by Gasteiger charge is 2.41. The maximum Gasteiger partial charge on any atom is 0.425 e. The zero-order valence-electron chi connectivity index (χ0n) is 11.6. The summed E-state index contributed by atoms with van der Waals surface area (Å²) in [5.41, 5.74) is -3.42. The SMILES string of the molecule is O=c1c(C(F)(F)F)c(OCC(F)(F)F)cnn1C1CCCCO1. The summed E-state index contributed by atoms with van der Waals surface area (Å²) in [6, 6.07) is 0. The molecule has 5 nitrogen and oxygen atoms in total. The quantitative estimate of drug-likeness (QED) is 0.790. The highest BCUT2D eigenvalue weighted by molar-refractivity contribution is 5.31. The van der Waals surface area contributed by atoms with Crippen molar-refractivity contribution in [3.05, 3.63) is 22.1 Å². The molecule has 0 aliphatic carbocycles. The van der Waals surface area contributed by atoms with Gasteiger partial charge in [0.25, 0.3) is 5.56 Å². The van der Waals surface area contributed by atoms with Crippen molar-refractivity contribution >= 4 is 0 Å². The zero-order valence-corrected chi connectivity index (χ0v) is 11.6. The molecule has 2 rings (SSSR count). The number of halogens is 6. The first kappa shape index (κ1) is 17.6. The third kappa shape index (κ3) is 4.36. The molecule has 0 N–H and O–H groups in total. The van der Waals surface area contributed by atoms with Gasteiger partial charge in [-0.3, -0.25) is 4.79 Å². The van der Waals surface area contributed by atoms with Crippen LogP contribution in [-0.4, -0.2) is 29.2 Å². The number of aromatic nitrogens is 2. The Bertz CT molecular complexity index is 604. The van der Waals surface area contributed by atoms with Gasteiger partial charge in [-0.25, -0.2) is 4.68 Å². The van der Waals surface area contributed by atoms with Gasteiger partial charge in [0.2, 0.25) is 0 Å². The second-order valence-electron chi connectivity index (χ2n) is 4.86. The molecule has 11 heteroatoms. The minimum Gasteiger partial charge on any atom is -0.482 e. The molecule has 1 saturated heterocycles. The smallest absolute Gasteiger partial charge is 0.425 e. The van der Waals surface area contributed by atoms with E-state index >= 15 is 0 Å². The normalized spacial score (nSPS) is 19.7. The Hall–Kier alpha value is -1.78. The Morgan fingerprint density at radius 2 is 1.96 bits per heavy atom. The van der Waals surface area contributed by atoms with E-state index in [1.54, 1.807) is 0 Å². The number of hydrogen-bond acceptors (Lipinski definition) is 4. The van der Waals surface area contributed by atoms with Crippen LogP contribution in [0.15, 0.2) is 11.0 Å². The van der Waals surface area contributed by atoms with Crippen LogP contribution in [0.25, 0.3) is 0 Å². The molecule has 1 aliphatic heterocycles. The van der Waals surface area contributed by atoms with Gasteiger partial charge in [-0.15, -0.1) is 0 Å². The van der Waals surface area contributed by atoms with Gasteiger partial charge >= 0.3 is 12.4 Å². The molecule has 1 atom stereocenters. The predicted octanol–water partition coefficient (Wildman–Crippen LogP) is 2.90. The summed E-state index contributed by atoms with van der Waals surface area (Å²) in [7, 11) is 0. The van der Waals surface area contributed by atoms with Crippen LogP contribution >= 0.6 is 0 Å². The summed E-state index contributed by atoms with van der Waals surface area (Å²) in [4.78, 5) is 12.0. The first-order valence-electron chi connectivity index (χ1n) is 6.60. The van der Waals surface area contributed by atoms with Crippen molar-refractivity contribution in [2.75, 3.05) is 13.2 Å². The van der Waals surface area contributed by atoms with E-state index in [2.05, 4.69) is 9.84 Å². The number of alkyl halides is 6. The molecule has 1 aromatic heterocycles. The average Bonchev–Trinajstić information content (AvgIpc) is 2.44. The van der Waals surface area contributed by atoms with E-state index in [1.165, 1.54) is 0 Å². The van der Waals surface area contributed by atoms with Crippen molar-refractivity contribution < 1.29 is 35.8 Å². The summed E-state index contributed by atoms with van der Waals surface area (Å²) in [5, 5.41) is 3.46. The summed E-state index contributed by atoms with van der Waals surface area (Å²) in [6.45, 7) is -1.70. The Kier molecular flexibility index (Phi) is 4.87. The fraction of sp³-hybridized carbons (Fsp3) is 0.667. The monoisotopic (exact) mass is 346 g/mol. The van der Waals surface area contributed by atoms with Crippen LogP contribution in [0.4, 0.5) is 26.3 Å². The molecule has 1 aliphatic rings. The lowest BCUT2D eigenvalue weighted by Crippen LogP contribution is -2.36. The number of rotatable bonds is 3. The highest BCUT2D eigenvalue weighted by atomic mass is 19.4. The maximum atomic E-state index is 13.0.